The highest BCUT2D eigenvalue weighted by molar-refractivity contribution is 7.99. The van der Waals surface area contributed by atoms with Crippen LogP contribution < -0.4 is 5.32 Å². The van der Waals surface area contributed by atoms with Crippen molar-refractivity contribution in [1.82, 2.24) is 9.62 Å². The van der Waals surface area contributed by atoms with Crippen LogP contribution in [0, 0.1) is 0 Å². The van der Waals surface area contributed by atoms with Crippen molar-refractivity contribution in [3.63, 3.8) is 0 Å². The van der Waals surface area contributed by atoms with Gasteiger partial charge in [0.25, 0.3) is 0 Å². The summed E-state index contributed by atoms with van der Waals surface area (Å²) in [6, 6.07) is 1.17. The number of piperidine rings is 1. The second kappa shape index (κ2) is 5.25. The largest absolute Gasteiger partial charge is 0.310 e. The molecule has 0 radical (unpaired) electrons. The van der Waals surface area contributed by atoms with E-state index < -0.39 is 10.0 Å². The van der Waals surface area contributed by atoms with Gasteiger partial charge < -0.3 is 5.32 Å². The van der Waals surface area contributed by atoms with Gasteiger partial charge in [-0.25, -0.2) is 12.7 Å². The van der Waals surface area contributed by atoms with Gasteiger partial charge in [-0.1, -0.05) is 0 Å². The van der Waals surface area contributed by atoms with Gasteiger partial charge >= 0.3 is 0 Å². The lowest BCUT2D eigenvalue weighted by Crippen LogP contribution is -2.47. The molecule has 0 amide bonds. The van der Waals surface area contributed by atoms with Gasteiger partial charge in [-0.15, -0.1) is 0 Å². The van der Waals surface area contributed by atoms with Crippen LogP contribution in [0.15, 0.2) is 0 Å². The van der Waals surface area contributed by atoms with Gasteiger partial charge in [0, 0.05) is 30.9 Å². The molecule has 0 bridgehead atoms. The zero-order valence-electron chi connectivity index (χ0n) is 9.68. The molecule has 1 N–H and O–H groups in total. The van der Waals surface area contributed by atoms with E-state index in [-0.39, 0.29) is 0 Å². The minimum Gasteiger partial charge on any atom is -0.310 e. The summed E-state index contributed by atoms with van der Waals surface area (Å²) in [5, 5.41) is 3.65. The van der Waals surface area contributed by atoms with E-state index in [1.54, 1.807) is 4.31 Å². The predicted molar refractivity (Wildman–Crippen MR) is 68.3 cm³/mol. The number of thioether (sulfide) groups is 1. The predicted octanol–water partition coefficient (Wildman–Crippen LogP) is 0.505. The molecule has 16 heavy (non-hydrogen) atoms. The Hall–Kier alpha value is 0.220. The molecule has 0 saturated carbocycles. The first-order valence-corrected chi connectivity index (χ1v) is 8.85. The van der Waals surface area contributed by atoms with Crippen LogP contribution in [-0.4, -0.2) is 55.7 Å². The second-order valence-electron chi connectivity index (χ2n) is 4.66. The molecule has 2 fully saturated rings. The number of hydrogen-bond acceptors (Lipinski definition) is 4. The summed E-state index contributed by atoms with van der Waals surface area (Å²) in [6.07, 6.45) is 4.47. The molecule has 94 valence electrons. The topological polar surface area (TPSA) is 49.4 Å². The Morgan fingerprint density at radius 1 is 1.19 bits per heavy atom. The van der Waals surface area contributed by atoms with Gasteiger partial charge in [-0.3, -0.25) is 0 Å². The Labute approximate surface area is 102 Å². The number of sulfonamides is 1. The lowest BCUT2D eigenvalue weighted by Gasteiger charge is -2.32. The molecule has 2 saturated heterocycles. The highest BCUT2D eigenvalue weighted by Crippen LogP contribution is 2.20. The Morgan fingerprint density at radius 3 is 2.38 bits per heavy atom. The normalized spacial score (nSPS) is 29.7. The molecule has 2 aliphatic heterocycles. The van der Waals surface area contributed by atoms with E-state index >= 15 is 0 Å². The van der Waals surface area contributed by atoms with Crippen LogP contribution >= 0.6 is 11.8 Å². The molecule has 4 nitrogen and oxygen atoms in total. The van der Waals surface area contributed by atoms with Gasteiger partial charge in [-0.05, 0) is 25.0 Å². The number of hydrogen-bond donors (Lipinski definition) is 1. The van der Waals surface area contributed by atoms with Crippen molar-refractivity contribution >= 4 is 21.8 Å². The molecule has 0 aliphatic carbocycles. The summed E-state index contributed by atoms with van der Waals surface area (Å²) in [5.74, 6) is 2.48. The molecular weight excluding hydrogens is 244 g/mol. The fourth-order valence-corrected chi connectivity index (χ4v) is 4.39. The summed E-state index contributed by atoms with van der Waals surface area (Å²) in [4.78, 5) is 0. The zero-order valence-corrected chi connectivity index (χ0v) is 11.3. The van der Waals surface area contributed by atoms with Crippen LogP contribution in [0.3, 0.4) is 0 Å². The summed E-state index contributed by atoms with van der Waals surface area (Å²) in [7, 11) is -2.98. The summed E-state index contributed by atoms with van der Waals surface area (Å²) < 4.78 is 24.3. The van der Waals surface area contributed by atoms with Crippen molar-refractivity contribution in [2.24, 2.45) is 0 Å². The molecule has 1 unspecified atom stereocenters. The number of nitrogens with one attached hydrogen (secondary N) is 1. The van der Waals surface area contributed by atoms with Crippen LogP contribution in [0.25, 0.3) is 0 Å². The van der Waals surface area contributed by atoms with Gasteiger partial charge in [0.2, 0.25) is 10.0 Å². The second-order valence-corrected chi connectivity index (χ2v) is 7.80. The first-order chi connectivity index (χ1) is 7.55. The van der Waals surface area contributed by atoms with E-state index in [4.69, 9.17) is 0 Å². The summed E-state index contributed by atoms with van der Waals surface area (Å²) in [6.45, 7) is 1.35. The molecule has 2 heterocycles. The zero-order chi connectivity index (χ0) is 11.6. The summed E-state index contributed by atoms with van der Waals surface area (Å²) in [5.41, 5.74) is 0. The first kappa shape index (κ1) is 12.7. The van der Waals surface area contributed by atoms with E-state index in [0.29, 0.717) is 25.2 Å². The molecule has 1 atom stereocenters. The van der Waals surface area contributed by atoms with Gasteiger partial charge in [0.1, 0.15) is 0 Å². The molecule has 2 aliphatic rings. The van der Waals surface area contributed by atoms with Crippen LogP contribution in [0.4, 0.5) is 0 Å². The molecule has 0 aromatic rings. The maximum Gasteiger partial charge on any atom is 0.211 e. The van der Waals surface area contributed by atoms with Gasteiger partial charge in [0.05, 0.1) is 6.26 Å². The van der Waals surface area contributed by atoms with E-state index in [1.165, 1.54) is 24.2 Å². The van der Waals surface area contributed by atoms with E-state index in [0.717, 1.165) is 12.8 Å². The fraction of sp³-hybridized carbons (Fsp3) is 1.00. The van der Waals surface area contributed by atoms with Crippen LogP contribution in [0.5, 0.6) is 0 Å². The van der Waals surface area contributed by atoms with Crippen molar-refractivity contribution in [2.75, 3.05) is 30.9 Å². The number of rotatable bonds is 3. The lowest BCUT2D eigenvalue weighted by atomic mass is 10.1. The molecular formula is C10H20N2O2S2. The van der Waals surface area contributed by atoms with Crippen molar-refractivity contribution in [1.29, 1.82) is 0 Å². The van der Waals surface area contributed by atoms with Crippen molar-refractivity contribution in [2.45, 2.75) is 31.3 Å². The number of nitrogens with zero attached hydrogens (tertiary/aromatic N) is 1. The van der Waals surface area contributed by atoms with Crippen molar-refractivity contribution < 1.29 is 8.42 Å². The first-order valence-electron chi connectivity index (χ1n) is 5.84. The Morgan fingerprint density at radius 2 is 1.88 bits per heavy atom. The maximum atomic E-state index is 11.3. The van der Waals surface area contributed by atoms with Gasteiger partial charge in [0.15, 0.2) is 0 Å². The minimum atomic E-state index is -2.98. The average Bonchev–Trinajstić information content (AvgIpc) is 2.70. The highest BCUT2D eigenvalue weighted by Gasteiger charge is 2.26. The molecule has 6 heteroatoms. The average molecular weight is 264 g/mol. The van der Waals surface area contributed by atoms with E-state index in [1.807, 2.05) is 11.8 Å². The van der Waals surface area contributed by atoms with Crippen LogP contribution in [-0.2, 0) is 10.0 Å². The lowest BCUT2D eigenvalue weighted by molar-refractivity contribution is 0.278. The van der Waals surface area contributed by atoms with Gasteiger partial charge in [-0.2, -0.15) is 11.8 Å². The Bertz CT molecular complexity index is 318. The molecule has 0 aromatic carbocycles. The third-order valence-corrected chi connectivity index (χ3v) is 5.79. The molecule has 2 rings (SSSR count). The monoisotopic (exact) mass is 264 g/mol. The highest BCUT2D eigenvalue weighted by atomic mass is 32.2. The summed E-state index contributed by atoms with van der Waals surface area (Å²) >= 11 is 2.01. The molecule has 0 spiro atoms. The quantitative estimate of drug-likeness (QED) is 0.807. The smallest absolute Gasteiger partial charge is 0.211 e. The fourth-order valence-electron chi connectivity index (χ4n) is 2.35. The van der Waals surface area contributed by atoms with Crippen molar-refractivity contribution in [3.8, 4) is 0 Å². The van der Waals surface area contributed by atoms with Crippen molar-refractivity contribution in [3.05, 3.63) is 0 Å². The third-order valence-electron chi connectivity index (χ3n) is 3.32. The van der Waals surface area contributed by atoms with E-state index in [2.05, 4.69) is 5.32 Å². The molecule has 0 aromatic heterocycles. The third kappa shape index (κ3) is 3.35. The minimum absolute atomic E-state index is 0.515. The Kier molecular flexibility index (Phi) is 4.15. The Balaban J connectivity index is 1.76. The maximum absolute atomic E-state index is 11.3. The van der Waals surface area contributed by atoms with E-state index in [9.17, 15) is 8.42 Å². The van der Waals surface area contributed by atoms with Crippen LogP contribution in [0.2, 0.25) is 0 Å². The SMILES string of the molecule is CS(=O)(=O)N1CCC(NC2CCSC2)CC1. The standard InChI is InChI=1S/C10H20N2O2S2/c1-16(13,14)12-5-2-9(3-6-12)11-10-4-7-15-8-10/h9-11H,2-8H2,1H3. The van der Waals surface area contributed by atoms with Crippen LogP contribution in [0.1, 0.15) is 19.3 Å².